The molecule has 2 aromatic heterocycles. The van der Waals surface area contributed by atoms with Crippen molar-refractivity contribution < 1.29 is 4.79 Å². The minimum atomic E-state index is 0.0145. The first-order chi connectivity index (χ1) is 14.1. The van der Waals surface area contributed by atoms with Crippen molar-refractivity contribution in [2.75, 3.05) is 42.9 Å². The molecule has 0 bridgehead atoms. The van der Waals surface area contributed by atoms with Crippen molar-refractivity contribution in [1.29, 1.82) is 0 Å². The van der Waals surface area contributed by atoms with Crippen molar-refractivity contribution in [3.8, 4) is 11.3 Å². The van der Waals surface area contributed by atoms with Crippen LogP contribution in [0.2, 0.25) is 0 Å². The molecule has 8 heteroatoms. The summed E-state index contributed by atoms with van der Waals surface area (Å²) in [6, 6.07) is 7.85. The fourth-order valence-corrected chi connectivity index (χ4v) is 3.38. The first-order valence-corrected chi connectivity index (χ1v) is 9.72. The van der Waals surface area contributed by atoms with Gasteiger partial charge in [0.25, 0.3) is 0 Å². The quantitative estimate of drug-likeness (QED) is 0.716. The highest BCUT2D eigenvalue weighted by atomic mass is 16.2. The molecule has 1 aromatic carbocycles. The zero-order valence-electron chi connectivity index (χ0n) is 16.7. The Balaban J connectivity index is 1.31. The van der Waals surface area contributed by atoms with Crippen LogP contribution in [0.5, 0.6) is 0 Å². The number of benzene rings is 1. The van der Waals surface area contributed by atoms with Gasteiger partial charge in [-0.05, 0) is 19.1 Å². The zero-order valence-corrected chi connectivity index (χ0v) is 16.7. The third kappa shape index (κ3) is 4.78. The molecule has 0 aliphatic carbocycles. The van der Waals surface area contributed by atoms with Gasteiger partial charge in [-0.1, -0.05) is 17.7 Å². The number of nitrogens with one attached hydrogen (secondary N) is 1. The van der Waals surface area contributed by atoms with Gasteiger partial charge in [-0.2, -0.15) is 5.10 Å². The number of carbonyl (C=O) groups excluding carboxylic acids is 1. The van der Waals surface area contributed by atoms with E-state index in [0.717, 1.165) is 48.9 Å². The molecule has 1 fully saturated rings. The molecule has 3 aromatic rings. The van der Waals surface area contributed by atoms with E-state index in [4.69, 9.17) is 4.98 Å². The second-order valence-corrected chi connectivity index (χ2v) is 7.34. The van der Waals surface area contributed by atoms with Crippen LogP contribution in [0.4, 0.5) is 11.5 Å². The maximum absolute atomic E-state index is 12.3. The molecule has 0 atom stereocenters. The molecule has 0 unspecified atom stereocenters. The molecule has 1 aliphatic rings. The van der Waals surface area contributed by atoms with Gasteiger partial charge in [-0.25, -0.2) is 4.98 Å². The second kappa shape index (κ2) is 8.40. The molecule has 0 saturated carbocycles. The van der Waals surface area contributed by atoms with Crippen molar-refractivity contribution >= 4 is 17.4 Å². The Labute approximate surface area is 170 Å². The van der Waals surface area contributed by atoms with E-state index in [1.165, 1.54) is 5.56 Å². The van der Waals surface area contributed by atoms with Gasteiger partial charge in [0.15, 0.2) is 0 Å². The maximum Gasteiger partial charge on any atom is 0.238 e. The number of anilines is 2. The summed E-state index contributed by atoms with van der Waals surface area (Å²) < 4.78 is 1.75. The largest absolute Gasteiger partial charge is 0.353 e. The monoisotopic (exact) mass is 391 g/mol. The molecule has 1 amide bonds. The SMILES string of the molecule is Cc1ccc(NC(=O)CN2CCN(c3cncc(-c4cnn(C)c4)n3)CC2)cc1. The number of nitrogens with zero attached hydrogens (tertiary/aromatic N) is 6. The van der Waals surface area contributed by atoms with Crippen LogP contribution in [0.3, 0.4) is 0 Å². The minimum absolute atomic E-state index is 0.0145. The van der Waals surface area contributed by atoms with Crippen molar-refractivity contribution in [1.82, 2.24) is 24.6 Å². The van der Waals surface area contributed by atoms with Crippen LogP contribution in [-0.4, -0.2) is 63.3 Å². The second-order valence-electron chi connectivity index (χ2n) is 7.34. The van der Waals surface area contributed by atoms with Gasteiger partial charge in [0, 0.05) is 50.7 Å². The number of rotatable bonds is 5. The first-order valence-electron chi connectivity index (χ1n) is 9.72. The lowest BCUT2D eigenvalue weighted by atomic mass is 10.2. The average molecular weight is 391 g/mol. The lowest BCUT2D eigenvalue weighted by molar-refractivity contribution is -0.117. The van der Waals surface area contributed by atoms with Gasteiger partial charge in [0.2, 0.25) is 5.91 Å². The summed E-state index contributed by atoms with van der Waals surface area (Å²) in [7, 11) is 1.88. The van der Waals surface area contributed by atoms with E-state index in [-0.39, 0.29) is 5.91 Å². The number of amides is 1. The van der Waals surface area contributed by atoms with Crippen LogP contribution in [0.25, 0.3) is 11.3 Å². The summed E-state index contributed by atoms with van der Waals surface area (Å²) in [6.45, 7) is 5.65. The molecular weight excluding hydrogens is 366 g/mol. The highest BCUT2D eigenvalue weighted by molar-refractivity contribution is 5.92. The summed E-state index contributed by atoms with van der Waals surface area (Å²) in [5.74, 6) is 0.871. The molecule has 8 nitrogen and oxygen atoms in total. The molecule has 1 saturated heterocycles. The van der Waals surface area contributed by atoms with E-state index in [0.29, 0.717) is 6.54 Å². The molecule has 29 heavy (non-hydrogen) atoms. The summed E-state index contributed by atoms with van der Waals surface area (Å²) in [6.07, 6.45) is 7.27. The van der Waals surface area contributed by atoms with Crippen molar-refractivity contribution in [3.63, 3.8) is 0 Å². The van der Waals surface area contributed by atoms with E-state index >= 15 is 0 Å². The normalized spacial score (nSPS) is 14.8. The highest BCUT2D eigenvalue weighted by Gasteiger charge is 2.20. The van der Waals surface area contributed by atoms with Gasteiger partial charge in [-0.15, -0.1) is 0 Å². The van der Waals surface area contributed by atoms with Crippen LogP contribution in [0.1, 0.15) is 5.56 Å². The number of carbonyl (C=O) groups is 1. The van der Waals surface area contributed by atoms with Crippen molar-refractivity contribution in [3.05, 3.63) is 54.6 Å². The van der Waals surface area contributed by atoms with Crippen LogP contribution in [0.15, 0.2) is 49.1 Å². The summed E-state index contributed by atoms with van der Waals surface area (Å²) >= 11 is 0. The maximum atomic E-state index is 12.3. The van der Waals surface area contributed by atoms with Crippen LogP contribution in [-0.2, 0) is 11.8 Å². The third-order valence-corrected chi connectivity index (χ3v) is 5.02. The van der Waals surface area contributed by atoms with Gasteiger partial charge in [0.1, 0.15) is 5.82 Å². The lowest BCUT2D eigenvalue weighted by Crippen LogP contribution is -2.49. The third-order valence-electron chi connectivity index (χ3n) is 5.02. The molecule has 1 aliphatic heterocycles. The lowest BCUT2D eigenvalue weighted by Gasteiger charge is -2.34. The Morgan fingerprint density at radius 1 is 1.07 bits per heavy atom. The van der Waals surface area contributed by atoms with Crippen LogP contribution >= 0.6 is 0 Å². The molecule has 0 radical (unpaired) electrons. The fourth-order valence-electron chi connectivity index (χ4n) is 3.38. The molecule has 0 spiro atoms. The van der Waals surface area contributed by atoms with Crippen LogP contribution in [0, 0.1) is 6.92 Å². The van der Waals surface area contributed by atoms with Crippen molar-refractivity contribution in [2.45, 2.75) is 6.92 Å². The zero-order chi connectivity index (χ0) is 20.2. The minimum Gasteiger partial charge on any atom is -0.353 e. The Morgan fingerprint density at radius 2 is 1.83 bits per heavy atom. The number of piperazine rings is 1. The first kappa shape index (κ1) is 19.1. The predicted octanol–water partition coefficient (Wildman–Crippen LogP) is 1.95. The Bertz CT molecular complexity index is 975. The van der Waals surface area contributed by atoms with Gasteiger partial charge >= 0.3 is 0 Å². The van der Waals surface area contributed by atoms with E-state index in [1.54, 1.807) is 23.3 Å². The Hall–Kier alpha value is -3.26. The number of hydrogen-bond acceptors (Lipinski definition) is 6. The van der Waals surface area contributed by atoms with Crippen molar-refractivity contribution in [2.24, 2.45) is 7.05 Å². The molecule has 150 valence electrons. The number of aromatic nitrogens is 4. The van der Waals surface area contributed by atoms with Gasteiger partial charge in [0.05, 0.1) is 30.8 Å². The highest BCUT2D eigenvalue weighted by Crippen LogP contribution is 2.19. The summed E-state index contributed by atoms with van der Waals surface area (Å²) in [5, 5.41) is 7.16. The molecule has 3 heterocycles. The Kier molecular flexibility index (Phi) is 5.53. The molecular formula is C21H25N7O. The Morgan fingerprint density at radius 3 is 2.52 bits per heavy atom. The number of aryl methyl sites for hydroxylation is 2. The topological polar surface area (TPSA) is 79.2 Å². The van der Waals surface area contributed by atoms with Gasteiger partial charge in [-0.3, -0.25) is 19.4 Å². The summed E-state index contributed by atoms with van der Waals surface area (Å²) in [4.78, 5) is 25.8. The standard InChI is InChI=1S/C21H25N7O/c1-16-3-5-18(6-4-16)24-21(29)15-27-7-9-28(10-8-27)20-13-22-12-19(25-20)17-11-23-26(2)14-17/h3-6,11-14H,7-10,15H2,1-2H3,(H,24,29). The predicted molar refractivity (Wildman–Crippen MR) is 113 cm³/mol. The summed E-state index contributed by atoms with van der Waals surface area (Å²) in [5.41, 5.74) is 3.78. The molecule has 1 N–H and O–H groups in total. The van der Waals surface area contributed by atoms with E-state index in [2.05, 4.69) is 25.2 Å². The molecule has 4 rings (SSSR count). The average Bonchev–Trinajstić information content (AvgIpc) is 3.17. The van der Waals surface area contributed by atoms with E-state index < -0.39 is 0 Å². The van der Waals surface area contributed by atoms with E-state index in [9.17, 15) is 4.79 Å². The van der Waals surface area contributed by atoms with E-state index in [1.807, 2.05) is 44.4 Å². The number of hydrogen-bond donors (Lipinski definition) is 1. The van der Waals surface area contributed by atoms with Crippen LogP contribution < -0.4 is 10.2 Å². The van der Waals surface area contributed by atoms with Gasteiger partial charge < -0.3 is 10.2 Å². The fraction of sp³-hybridized carbons (Fsp3) is 0.333. The smallest absolute Gasteiger partial charge is 0.238 e.